The smallest absolute Gasteiger partial charge is 0.238 e. The maximum Gasteiger partial charge on any atom is 0.238 e. The number of nitrogens with one attached hydrogen (secondary N) is 1. The van der Waals surface area contributed by atoms with Crippen molar-refractivity contribution >= 4 is 40.7 Å². The summed E-state index contributed by atoms with van der Waals surface area (Å²) in [4.78, 5) is 56.0. The SMILES string of the molecule is CCC(C)(CC)c1ccc(Nc2ccc(N3C(=O)C4C(C3=O)C3C(=O)N(C(C)(CC)CC)C(=O)C43)cc2)cc1. The second-order valence-corrected chi connectivity index (χ2v) is 11.8. The van der Waals surface area contributed by atoms with Crippen LogP contribution >= 0.6 is 0 Å². The van der Waals surface area contributed by atoms with E-state index < -0.39 is 29.2 Å². The third-order valence-corrected chi connectivity index (χ3v) is 10.2. The van der Waals surface area contributed by atoms with Crippen LogP contribution in [0.5, 0.6) is 0 Å². The third-order valence-electron chi connectivity index (χ3n) is 10.2. The minimum atomic E-state index is -0.754. The standard InChI is InChI=1S/C32H39N3O4/c1-7-31(5,8-2)19-11-13-20(14-12-19)33-21-15-17-22(18-16-21)34-27(36)23-24(28(34)37)26-25(23)29(38)35(30(26)39)32(6,9-3)10-4/h11-18,23-26,33H,7-10H2,1-6H3. The van der Waals surface area contributed by atoms with E-state index in [2.05, 4.69) is 50.4 Å². The number of hydrogen-bond donors (Lipinski definition) is 1. The van der Waals surface area contributed by atoms with Crippen molar-refractivity contribution in [2.45, 2.75) is 78.2 Å². The van der Waals surface area contributed by atoms with Crippen molar-refractivity contribution in [3.8, 4) is 0 Å². The van der Waals surface area contributed by atoms with Crippen LogP contribution in [0.3, 0.4) is 0 Å². The maximum absolute atomic E-state index is 13.4. The van der Waals surface area contributed by atoms with Gasteiger partial charge in [0.15, 0.2) is 0 Å². The fourth-order valence-electron chi connectivity index (χ4n) is 6.62. The van der Waals surface area contributed by atoms with Crippen molar-refractivity contribution in [1.29, 1.82) is 0 Å². The molecule has 0 spiro atoms. The van der Waals surface area contributed by atoms with E-state index in [0.29, 0.717) is 18.5 Å². The Morgan fingerprint density at radius 3 is 1.44 bits per heavy atom. The number of nitrogens with zero attached hydrogens (tertiary/aromatic N) is 2. The van der Waals surface area contributed by atoms with E-state index in [0.717, 1.165) is 24.2 Å². The van der Waals surface area contributed by atoms with Gasteiger partial charge in [-0.1, -0.05) is 46.8 Å². The molecule has 1 aliphatic carbocycles. The van der Waals surface area contributed by atoms with E-state index >= 15 is 0 Å². The summed E-state index contributed by atoms with van der Waals surface area (Å²) in [7, 11) is 0. The number of imide groups is 2. The number of amides is 4. The lowest BCUT2D eigenvalue weighted by molar-refractivity contribution is -0.147. The molecule has 3 aliphatic rings. The number of hydrogen-bond acceptors (Lipinski definition) is 5. The number of carbonyl (C=O) groups is 4. The number of likely N-dealkylation sites (tertiary alicyclic amines) is 1. The van der Waals surface area contributed by atoms with E-state index in [-0.39, 0.29) is 29.0 Å². The lowest BCUT2D eigenvalue weighted by atomic mass is 9.59. The molecule has 1 saturated carbocycles. The molecule has 206 valence electrons. The monoisotopic (exact) mass is 529 g/mol. The van der Waals surface area contributed by atoms with E-state index in [1.165, 1.54) is 15.4 Å². The van der Waals surface area contributed by atoms with Crippen molar-refractivity contribution in [2.24, 2.45) is 23.7 Å². The molecule has 2 aliphatic heterocycles. The minimum absolute atomic E-state index is 0.159. The number of rotatable bonds is 9. The Labute approximate surface area is 230 Å². The zero-order valence-corrected chi connectivity index (χ0v) is 23.8. The molecule has 7 nitrogen and oxygen atoms in total. The Balaban J connectivity index is 1.31. The molecule has 39 heavy (non-hydrogen) atoms. The molecule has 1 N–H and O–H groups in total. The highest BCUT2D eigenvalue weighted by Crippen LogP contribution is 2.58. The van der Waals surface area contributed by atoms with Gasteiger partial charge in [0.2, 0.25) is 23.6 Å². The van der Waals surface area contributed by atoms with E-state index in [1.54, 1.807) is 12.1 Å². The molecule has 2 saturated heterocycles. The van der Waals surface area contributed by atoms with Crippen LogP contribution in [0.2, 0.25) is 0 Å². The fourth-order valence-corrected chi connectivity index (χ4v) is 6.62. The molecule has 5 rings (SSSR count). The van der Waals surface area contributed by atoms with Crippen LogP contribution < -0.4 is 10.2 Å². The van der Waals surface area contributed by atoms with Gasteiger partial charge < -0.3 is 5.32 Å². The topological polar surface area (TPSA) is 86.8 Å². The molecule has 2 aromatic rings. The number of benzene rings is 2. The first-order valence-electron chi connectivity index (χ1n) is 14.3. The summed E-state index contributed by atoms with van der Waals surface area (Å²) in [5.41, 5.74) is 3.12. The summed E-state index contributed by atoms with van der Waals surface area (Å²) in [5, 5.41) is 3.38. The average Bonchev–Trinajstić information content (AvgIpc) is 3.26. The predicted molar refractivity (Wildman–Crippen MR) is 151 cm³/mol. The molecule has 2 heterocycles. The van der Waals surface area contributed by atoms with Crippen molar-refractivity contribution in [2.75, 3.05) is 10.2 Å². The van der Waals surface area contributed by atoms with Crippen LogP contribution in [-0.2, 0) is 24.6 Å². The summed E-state index contributed by atoms with van der Waals surface area (Å²) in [5.74, 6) is -4.33. The third kappa shape index (κ3) is 3.92. The molecule has 0 radical (unpaired) electrons. The highest BCUT2D eigenvalue weighted by atomic mass is 16.2. The van der Waals surface area contributed by atoms with Gasteiger partial charge in [-0.25, -0.2) is 0 Å². The van der Waals surface area contributed by atoms with Gasteiger partial charge in [-0.05, 0) is 80.0 Å². The maximum atomic E-state index is 13.4. The Bertz CT molecular complexity index is 1270. The van der Waals surface area contributed by atoms with Gasteiger partial charge in [0.05, 0.1) is 29.4 Å². The van der Waals surface area contributed by atoms with Crippen molar-refractivity contribution < 1.29 is 19.2 Å². The first kappa shape index (κ1) is 27.1. The second-order valence-electron chi connectivity index (χ2n) is 11.8. The fraction of sp³-hybridized carbons (Fsp3) is 0.500. The molecule has 0 bridgehead atoms. The largest absolute Gasteiger partial charge is 0.356 e. The molecule has 2 aromatic carbocycles. The van der Waals surface area contributed by atoms with Gasteiger partial charge in [-0.2, -0.15) is 0 Å². The van der Waals surface area contributed by atoms with Crippen molar-refractivity contribution in [1.82, 2.24) is 4.90 Å². The molecule has 3 fully saturated rings. The highest BCUT2D eigenvalue weighted by molar-refractivity contribution is 6.27. The summed E-state index contributed by atoms with van der Waals surface area (Å²) in [6.45, 7) is 12.5. The van der Waals surface area contributed by atoms with Crippen LogP contribution in [0, 0.1) is 23.7 Å². The molecule has 4 amide bonds. The van der Waals surface area contributed by atoms with Crippen LogP contribution in [0.25, 0.3) is 0 Å². The van der Waals surface area contributed by atoms with Gasteiger partial charge in [-0.3, -0.25) is 29.0 Å². The van der Waals surface area contributed by atoms with E-state index in [4.69, 9.17) is 0 Å². The van der Waals surface area contributed by atoms with Gasteiger partial charge in [-0.15, -0.1) is 0 Å². The highest BCUT2D eigenvalue weighted by Gasteiger charge is 2.74. The Kier molecular flexibility index (Phi) is 6.68. The molecule has 0 aromatic heterocycles. The molecule has 7 heteroatoms. The van der Waals surface area contributed by atoms with Gasteiger partial charge in [0, 0.05) is 16.9 Å². The van der Waals surface area contributed by atoms with Gasteiger partial charge >= 0.3 is 0 Å². The second kappa shape index (κ2) is 9.61. The minimum Gasteiger partial charge on any atom is -0.356 e. The summed E-state index contributed by atoms with van der Waals surface area (Å²) in [6.07, 6.45) is 3.41. The Morgan fingerprint density at radius 2 is 1.03 bits per heavy atom. The number of carbonyl (C=O) groups excluding carboxylic acids is 4. The summed E-state index contributed by atoms with van der Waals surface area (Å²) in [6, 6.07) is 15.6. The summed E-state index contributed by atoms with van der Waals surface area (Å²) < 4.78 is 0. The lowest BCUT2D eigenvalue weighted by Crippen LogP contribution is -2.50. The zero-order valence-electron chi connectivity index (χ0n) is 23.8. The molecular weight excluding hydrogens is 490 g/mol. The van der Waals surface area contributed by atoms with Crippen molar-refractivity contribution in [3.63, 3.8) is 0 Å². The van der Waals surface area contributed by atoms with Gasteiger partial charge in [0.25, 0.3) is 0 Å². The zero-order chi connectivity index (χ0) is 28.3. The molecule has 4 atom stereocenters. The number of fused-ring (bicyclic) bond motifs is 4. The van der Waals surface area contributed by atoms with E-state index in [1.807, 2.05) is 32.9 Å². The predicted octanol–water partition coefficient (Wildman–Crippen LogP) is 5.81. The van der Waals surface area contributed by atoms with Crippen LogP contribution in [0.1, 0.15) is 72.8 Å². The van der Waals surface area contributed by atoms with Crippen LogP contribution in [-0.4, -0.2) is 34.1 Å². The Hall–Kier alpha value is -3.48. The average molecular weight is 530 g/mol. The first-order chi connectivity index (χ1) is 18.5. The lowest BCUT2D eigenvalue weighted by Gasteiger charge is -2.36. The molecular formula is C32H39N3O4. The number of anilines is 3. The molecule has 4 unspecified atom stereocenters. The van der Waals surface area contributed by atoms with Crippen LogP contribution in [0.4, 0.5) is 17.1 Å². The van der Waals surface area contributed by atoms with E-state index in [9.17, 15) is 19.2 Å². The van der Waals surface area contributed by atoms with Crippen LogP contribution in [0.15, 0.2) is 48.5 Å². The van der Waals surface area contributed by atoms with Crippen molar-refractivity contribution in [3.05, 3.63) is 54.1 Å². The normalized spacial score (nSPS) is 24.7. The van der Waals surface area contributed by atoms with Gasteiger partial charge in [0.1, 0.15) is 0 Å². The first-order valence-corrected chi connectivity index (χ1v) is 14.3. The Morgan fingerprint density at radius 1 is 0.615 bits per heavy atom. The quantitative estimate of drug-likeness (QED) is 0.415. The summed E-state index contributed by atoms with van der Waals surface area (Å²) >= 11 is 0.